The van der Waals surface area contributed by atoms with Crippen molar-refractivity contribution >= 4 is 17.3 Å². The molecule has 0 saturated carbocycles. The van der Waals surface area contributed by atoms with E-state index in [2.05, 4.69) is 6.92 Å². The number of rotatable bonds is 7. The predicted molar refractivity (Wildman–Crippen MR) is 68.0 cm³/mol. The average molecular weight is 240 g/mol. The van der Waals surface area contributed by atoms with Crippen molar-refractivity contribution in [3.63, 3.8) is 0 Å². The van der Waals surface area contributed by atoms with E-state index in [1.54, 1.807) is 6.07 Å². The van der Waals surface area contributed by atoms with Crippen LogP contribution in [0.15, 0.2) is 17.5 Å². The topological polar surface area (TPSA) is 26.3 Å². The molecule has 90 valence electrons. The zero-order valence-corrected chi connectivity index (χ0v) is 10.9. The maximum Gasteiger partial charge on any atom is 0.348 e. The first-order valence-corrected chi connectivity index (χ1v) is 6.86. The van der Waals surface area contributed by atoms with Crippen LogP contribution in [0.3, 0.4) is 0 Å². The Balaban J connectivity index is 2.19. The van der Waals surface area contributed by atoms with Crippen molar-refractivity contribution in [1.82, 2.24) is 0 Å². The molecule has 1 aromatic heterocycles. The zero-order chi connectivity index (χ0) is 11.8. The number of hydrogen-bond acceptors (Lipinski definition) is 3. The molecule has 2 nitrogen and oxygen atoms in total. The summed E-state index contributed by atoms with van der Waals surface area (Å²) in [6, 6.07) is 3.67. The van der Waals surface area contributed by atoms with Crippen molar-refractivity contribution in [1.29, 1.82) is 0 Å². The number of carbonyl (C=O) groups excluding carboxylic acids is 1. The molecule has 0 aromatic carbocycles. The number of esters is 1. The van der Waals surface area contributed by atoms with Crippen LogP contribution >= 0.6 is 11.3 Å². The van der Waals surface area contributed by atoms with E-state index in [0.717, 1.165) is 12.8 Å². The molecular formula is C13H20O2S. The molecule has 1 unspecified atom stereocenters. The fourth-order valence-corrected chi connectivity index (χ4v) is 2.16. The summed E-state index contributed by atoms with van der Waals surface area (Å²) in [7, 11) is 0. The minimum atomic E-state index is -0.182. The Bertz CT molecular complexity index is 293. The first-order valence-electron chi connectivity index (χ1n) is 5.98. The quantitative estimate of drug-likeness (QED) is 0.525. The molecule has 1 atom stereocenters. The first-order chi connectivity index (χ1) is 7.74. The van der Waals surface area contributed by atoms with Gasteiger partial charge in [-0.05, 0) is 31.2 Å². The monoisotopic (exact) mass is 240 g/mol. The van der Waals surface area contributed by atoms with Crippen LogP contribution in [0, 0.1) is 0 Å². The van der Waals surface area contributed by atoms with E-state index in [4.69, 9.17) is 4.74 Å². The van der Waals surface area contributed by atoms with Gasteiger partial charge in [-0.2, -0.15) is 0 Å². The van der Waals surface area contributed by atoms with Gasteiger partial charge >= 0.3 is 5.97 Å². The summed E-state index contributed by atoms with van der Waals surface area (Å²) in [4.78, 5) is 12.3. The molecule has 0 aliphatic rings. The summed E-state index contributed by atoms with van der Waals surface area (Å²) in [6.07, 6.45) is 5.89. The summed E-state index contributed by atoms with van der Waals surface area (Å²) in [6.45, 7) is 4.16. The van der Waals surface area contributed by atoms with Crippen LogP contribution in [0.1, 0.15) is 55.6 Å². The Morgan fingerprint density at radius 3 is 2.88 bits per heavy atom. The lowest BCUT2D eigenvalue weighted by Crippen LogP contribution is -2.14. The normalized spacial score (nSPS) is 12.4. The maximum atomic E-state index is 11.6. The van der Waals surface area contributed by atoms with E-state index in [-0.39, 0.29) is 12.1 Å². The van der Waals surface area contributed by atoms with E-state index in [0.29, 0.717) is 4.88 Å². The van der Waals surface area contributed by atoms with Crippen LogP contribution in [-0.2, 0) is 4.74 Å². The van der Waals surface area contributed by atoms with Gasteiger partial charge in [0.2, 0.25) is 0 Å². The van der Waals surface area contributed by atoms with Crippen molar-refractivity contribution in [2.24, 2.45) is 0 Å². The molecule has 1 heterocycles. The highest BCUT2D eigenvalue weighted by atomic mass is 32.1. The van der Waals surface area contributed by atoms with Crippen molar-refractivity contribution in [3.8, 4) is 0 Å². The molecule has 16 heavy (non-hydrogen) atoms. The number of ether oxygens (including phenoxy) is 1. The second kappa shape index (κ2) is 7.44. The molecule has 0 N–H and O–H groups in total. The van der Waals surface area contributed by atoms with Crippen molar-refractivity contribution < 1.29 is 9.53 Å². The molecule has 0 aliphatic heterocycles. The lowest BCUT2D eigenvalue weighted by atomic mass is 10.1. The van der Waals surface area contributed by atoms with Gasteiger partial charge in [0, 0.05) is 0 Å². The van der Waals surface area contributed by atoms with Gasteiger partial charge in [-0.1, -0.05) is 32.3 Å². The Kier molecular flexibility index (Phi) is 6.16. The van der Waals surface area contributed by atoms with Crippen LogP contribution in [0.2, 0.25) is 0 Å². The number of thiophene rings is 1. The highest BCUT2D eigenvalue weighted by molar-refractivity contribution is 7.11. The Labute approximate surface area is 102 Å². The standard InChI is InChI=1S/C13H20O2S/c1-3-4-5-6-8-11(2)15-13(14)12-9-7-10-16-12/h7,9-11H,3-6,8H2,1-2H3. The summed E-state index contributed by atoms with van der Waals surface area (Å²) in [5, 5.41) is 1.89. The fourth-order valence-electron chi connectivity index (χ4n) is 1.55. The predicted octanol–water partition coefficient (Wildman–Crippen LogP) is 4.26. The van der Waals surface area contributed by atoms with Crippen LogP contribution in [0.5, 0.6) is 0 Å². The second-order valence-corrected chi connectivity index (χ2v) is 4.99. The summed E-state index contributed by atoms with van der Waals surface area (Å²) < 4.78 is 5.35. The lowest BCUT2D eigenvalue weighted by Gasteiger charge is -2.12. The van der Waals surface area contributed by atoms with Gasteiger partial charge in [0.05, 0.1) is 6.10 Å². The van der Waals surface area contributed by atoms with Crippen molar-refractivity contribution in [3.05, 3.63) is 22.4 Å². The molecule has 0 fully saturated rings. The average Bonchev–Trinajstić information content (AvgIpc) is 2.77. The third kappa shape index (κ3) is 4.79. The Morgan fingerprint density at radius 2 is 2.25 bits per heavy atom. The largest absolute Gasteiger partial charge is 0.458 e. The minimum Gasteiger partial charge on any atom is -0.458 e. The van der Waals surface area contributed by atoms with Gasteiger partial charge in [0.25, 0.3) is 0 Å². The van der Waals surface area contributed by atoms with Crippen LogP contribution in [0.4, 0.5) is 0 Å². The van der Waals surface area contributed by atoms with Crippen LogP contribution in [-0.4, -0.2) is 12.1 Å². The molecule has 0 saturated heterocycles. The van der Waals surface area contributed by atoms with Gasteiger partial charge < -0.3 is 4.74 Å². The molecule has 3 heteroatoms. The van der Waals surface area contributed by atoms with Crippen LogP contribution in [0.25, 0.3) is 0 Å². The van der Waals surface area contributed by atoms with Crippen molar-refractivity contribution in [2.45, 2.75) is 52.1 Å². The minimum absolute atomic E-state index is 0.0338. The van der Waals surface area contributed by atoms with Crippen molar-refractivity contribution in [2.75, 3.05) is 0 Å². The van der Waals surface area contributed by atoms with Gasteiger partial charge in [-0.3, -0.25) is 0 Å². The lowest BCUT2D eigenvalue weighted by molar-refractivity contribution is 0.0325. The molecule has 0 spiro atoms. The third-order valence-electron chi connectivity index (χ3n) is 2.49. The number of hydrogen-bond donors (Lipinski definition) is 0. The fraction of sp³-hybridized carbons (Fsp3) is 0.615. The second-order valence-electron chi connectivity index (χ2n) is 4.04. The highest BCUT2D eigenvalue weighted by Gasteiger charge is 2.12. The third-order valence-corrected chi connectivity index (χ3v) is 3.34. The summed E-state index contributed by atoms with van der Waals surface area (Å²) in [5.41, 5.74) is 0. The molecular weight excluding hydrogens is 220 g/mol. The molecule has 1 aromatic rings. The summed E-state index contributed by atoms with van der Waals surface area (Å²) in [5.74, 6) is -0.182. The molecule has 0 bridgehead atoms. The van der Waals surface area contributed by atoms with E-state index in [1.807, 2.05) is 18.4 Å². The molecule has 0 radical (unpaired) electrons. The van der Waals surface area contributed by atoms with E-state index in [9.17, 15) is 4.79 Å². The van der Waals surface area contributed by atoms with Gasteiger partial charge in [0.15, 0.2) is 0 Å². The van der Waals surface area contributed by atoms with Gasteiger partial charge in [-0.15, -0.1) is 11.3 Å². The first kappa shape index (κ1) is 13.2. The Hall–Kier alpha value is -0.830. The van der Waals surface area contributed by atoms with Gasteiger partial charge in [-0.25, -0.2) is 4.79 Å². The maximum absolute atomic E-state index is 11.6. The SMILES string of the molecule is CCCCCCC(C)OC(=O)c1cccs1. The van der Waals surface area contributed by atoms with Gasteiger partial charge in [0.1, 0.15) is 4.88 Å². The summed E-state index contributed by atoms with van der Waals surface area (Å²) >= 11 is 1.43. The van der Waals surface area contributed by atoms with Crippen LogP contribution < -0.4 is 0 Å². The molecule has 0 amide bonds. The smallest absolute Gasteiger partial charge is 0.348 e. The molecule has 0 aliphatic carbocycles. The van der Waals surface area contributed by atoms with E-state index in [1.165, 1.54) is 30.6 Å². The van der Waals surface area contributed by atoms with E-state index >= 15 is 0 Å². The highest BCUT2D eigenvalue weighted by Crippen LogP contribution is 2.14. The number of carbonyl (C=O) groups is 1. The van der Waals surface area contributed by atoms with E-state index < -0.39 is 0 Å². The number of unbranched alkanes of at least 4 members (excludes halogenated alkanes) is 3. The Morgan fingerprint density at radius 1 is 1.44 bits per heavy atom. The molecule has 1 rings (SSSR count). The zero-order valence-electron chi connectivity index (χ0n) is 10.1.